The number of phenolic OH excluding ortho intramolecular Hbond substituents is 1. The van der Waals surface area contributed by atoms with E-state index in [1.54, 1.807) is 0 Å². The van der Waals surface area contributed by atoms with Gasteiger partial charge in [0.15, 0.2) is 0 Å². The molecule has 3 nitrogen and oxygen atoms in total. The first kappa shape index (κ1) is 31.7. The smallest absolute Gasteiger partial charge is 0.129 e. The number of aromatic hydroxyl groups is 1. The molecule has 2 atom stereocenters. The van der Waals surface area contributed by atoms with Gasteiger partial charge in [-0.3, -0.25) is 4.99 Å². The Bertz CT molecular complexity index is 1820. The Hall–Kier alpha value is -5.25. The quantitative estimate of drug-likeness (QED) is 0.126. The van der Waals surface area contributed by atoms with Crippen LogP contribution in [0.2, 0.25) is 0 Å². The van der Waals surface area contributed by atoms with Crippen molar-refractivity contribution in [1.82, 2.24) is 0 Å². The summed E-state index contributed by atoms with van der Waals surface area (Å²) < 4.78 is 0. The van der Waals surface area contributed by atoms with Crippen LogP contribution < -0.4 is 5.73 Å². The molecule has 0 heterocycles. The summed E-state index contributed by atoms with van der Waals surface area (Å²) in [4.78, 5) is 5.16. The number of hydrogen-bond donors (Lipinski definition) is 2. The van der Waals surface area contributed by atoms with Crippen LogP contribution in [0.25, 0.3) is 0 Å². The van der Waals surface area contributed by atoms with E-state index in [1.807, 2.05) is 72.9 Å². The molecule has 0 spiro atoms. The second kappa shape index (κ2) is 13.6. The summed E-state index contributed by atoms with van der Waals surface area (Å²) in [6.07, 6.45) is 1.82. The average Bonchev–Trinajstić information content (AvgIpc) is 3.11. The Morgan fingerprint density at radius 2 is 0.957 bits per heavy atom. The third kappa shape index (κ3) is 6.40. The zero-order valence-corrected chi connectivity index (χ0v) is 27.3. The molecule has 234 valence electrons. The van der Waals surface area contributed by atoms with Crippen molar-refractivity contribution in [3.05, 3.63) is 208 Å². The van der Waals surface area contributed by atoms with Gasteiger partial charge in [0.2, 0.25) is 0 Å². The zero-order valence-electron chi connectivity index (χ0n) is 27.3. The maximum atomic E-state index is 12.5. The monoisotopic (exact) mass is 614 g/mol. The van der Waals surface area contributed by atoms with Gasteiger partial charge in [-0.1, -0.05) is 172 Å². The van der Waals surface area contributed by atoms with Gasteiger partial charge in [0.25, 0.3) is 0 Å². The minimum Gasteiger partial charge on any atom is -0.507 e. The molecule has 3 heteroatoms. The predicted molar refractivity (Wildman–Crippen MR) is 195 cm³/mol. The SMILES string of the molecule is CC(C)(C)c1cc(C=N[C@H](c2ccccc2)[C@H](N)c2ccccc2)c(O)c(C(c2ccccc2)(c2ccccc2)c2ccccc2)c1. The second-order valence-electron chi connectivity index (χ2n) is 13.1. The van der Waals surface area contributed by atoms with E-state index in [0.29, 0.717) is 5.56 Å². The van der Waals surface area contributed by atoms with Crippen LogP contribution in [0.1, 0.15) is 77.4 Å². The molecule has 0 aliphatic rings. The lowest BCUT2D eigenvalue weighted by molar-refractivity contribution is 0.457. The minimum atomic E-state index is -0.809. The van der Waals surface area contributed by atoms with E-state index in [4.69, 9.17) is 10.7 Å². The number of phenols is 1. The molecule has 0 radical (unpaired) electrons. The Kier molecular flexibility index (Phi) is 9.19. The van der Waals surface area contributed by atoms with Crippen molar-refractivity contribution in [2.75, 3.05) is 0 Å². The van der Waals surface area contributed by atoms with Crippen LogP contribution >= 0.6 is 0 Å². The topological polar surface area (TPSA) is 58.6 Å². The molecule has 47 heavy (non-hydrogen) atoms. The van der Waals surface area contributed by atoms with Crippen LogP contribution in [-0.4, -0.2) is 11.3 Å². The third-order valence-electron chi connectivity index (χ3n) is 9.07. The van der Waals surface area contributed by atoms with Crippen molar-refractivity contribution in [2.45, 2.75) is 43.7 Å². The summed E-state index contributed by atoms with van der Waals surface area (Å²) in [6, 6.07) is 55.2. The van der Waals surface area contributed by atoms with Crippen LogP contribution in [0, 0.1) is 0 Å². The van der Waals surface area contributed by atoms with Crippen LogP contribution in [0.3, 0.4) is 0 Å². The molecule has 0 aromatic heterocycles. The van der Waals surface area contributed by atoms with Gasteiger partial charge in [-0.05, 0) is 50.9 Å². The van der Waals surface area contributed by atoms with Gasteiger partial charge >= 0.3 is 0 Å². The molecule has 6 rings (SSSR count). The highest BCUT2D eigenvalue weighted by Gasteiger charge is 2.41. The van der Waals surface area contributed by atoms with Crippen LogP contribution in [-0.2, 0) is 10.8 Å². The summed E-state index contributed by atoms with van der Waals surface area (Å²) >= 11 is 0. The fourth-order valence-corrected chi connectivity index (χ4v) is 6.56. The average molecular weight is 615 g/mol. The minimum absolute atomic E-state index is 0.193. The molecule has 0 aliphatic heterocycles. The number of aliphatic imine (C=N–C) groups is 1. The summed E-state index contributed by atoms with van der Waals surface area (Å²) in [5, 5.41) is 12.5. The molecule has 0 amide bonds. The molecule has 0 unspecified atom stereocenters. The first-order valence-electron chi connectivity index (χ1n) is 16.2. The van der Waals surface area contributed by atoms with Gasteiger partial charge in [0.1, 0.15) is 5.75 Å². The van der Waals surface area contributed by atoms with E-state index >= 15 is 0 Å². The lowest BCUT2D eigenvalue weighted by Crippen LogP contribution is -2.32. The lowest BCUT2D eigenvalue weighted by Gasteiger charge is -2.38. The fourth-order valence-electron chi connectivity index (χ4n) is 6.56. The van der Waals surface area contributed by atoms with E-state index in [1.165, 1.54) is 0 Å². The normalized spacial score (nSPS) is 13.4. The molecule has 0 bridgehead atoms. The Morgan fingerprint density at radius 3 is 1.38 bits per heavy atom. The zero-order chi connectivity index (χ0) is 32.9. The number of nitrogens with two attached hydrogens (primary N) is 1. The van der Waals surface area contributed by atoms with Crippen molar-refractivity contribution in [1.29, 1.82) is 0 Å². The largest absolute Gasteiger partial charge is 0.507 e. The van der Waals surface area contributed by atoms with Gasteiger partial charge in [-0.25, -0.2) is 0 Å². The van der Waals surface area contributed by atoms with Crippen molar-refractivity contribution >= 4 is 6.21 Å². The summed E-state index contributed by atoms with van der Waals surface area (Å²) in [5.41, 5.74) is 13.7. The van der Waals surface area contributed by atoms with Crippen LogP contribution in [0.5, 0.6) is 5.75 Å². The van der Waals surface area contributed by atoms with E-state index in [2.05, 4.69) is 118 Å². The van der Waals surface area contributed by atoms with Crippen molar-refractivity contribution in [3.8, 4) is 5.75 Å². The maximum Gasteiger partial charge on any atom is 0.129 e. The first-order chi connectivity index (χ1) is 22.8. The Morgan fingerprint density at radius 1 is 0.553 bits per heavy atom. The summed E-state index contributed by atoms with van der Waals surface area (Å²) in [6.45, 7) is 6.62. The summed E-state index contributed by atoms with van der Waals surface area (Å²) in [5.74, 6) is 0.193. The molecule has 0 saturated carbocycles. The highest BCUT2D eigenvalue weighted by atomic mass is 16.3. The second-order valence-corrected chi connectivity index (χ2v) is 13.1. The Labute approximate surface area is 279 Å². The molecule has 3 N–H and O–H groups in total. The molecular weight excluding hydrogens is 572 g/mol. The van der Waals surface area contributed by atoms with Gasteiger partial charge in [-0.2, -0.15) is 0 Å². The Balaban J connectivity index is 1.63. The summed E-state index contributed by atoms with van der Waals surface area (Å²) in [7, 11) is 0. The van der Waals surface area contributed by atoms with Crippen LogP contribution in [0.4, 0.5) is 0 Å². The van der Waals surface area contributed by atoms with Gasteiger partial charge in [0.05, 0.1) is 17.5 Å². The number of nitrogens with zero attached hydrogens (tertiary/aromatic N) is 1. The van der Waals surface area contributed by atoms with E-state index in [-0.39, 0.29) is 23.2 Å². The van der Waals surface area contributed by atoms with Gasteiger partial charge in [-0.15, -0.1) is 0 Å². The standard InChI is InChI=1S/C44H42N2O/c1-43(2,3)38-29-34(31-46-41(33-21-11-5-12-22-33)40(45)32-19-9-4-10-20-32)42(47)39(30-38)44(35-23-13-6-14-24-35,36-25-15-7-16-26-36)37-27-17-8-18-28-37/h4-31,40-41,47H,45H2,1-3H3/t40-,41-/m1/s1. The van der Waals surface area contributed by atoms with Crippen molar-refractivity contribution < 1.29 is 5.11 Å². The highest BCUT2D eigenvalue weighted by molar-refractivity contribution is 5.86. The van der Waals surface area contributed by atoms with Crippen LogP contribution in [0.15, 0.2) is 169 Å². The van der Waals surface area contributed by atoms with E-state index in [9.17, 15) is 5.11 Å². The van der Waals surface area contributed by atoms with Gasteiger partial charge < -0.3 is 10.8 Å². The van der Waals surface area contributed by atoms with Gasteiger partial charge in [0, 0.05) is 17.3 Å². The highest BCUT2D eigenvalue weighted by Crippen LogP contribution is 2.50. The maximum absolute atomic E-state index is 12.5. The molecular formula is C44H42N2O. The van der Waals surface area contributed by atoms with Crippen molar-refractivity contribution in [2.24, 2.45) is 10.7 Å². The first-order valence-corrected chi connectivity index (χ1v) is 16.2. The lowest BCUT2D eigenvalue weighted by atomic mass is 9.64. The van der Waals surface area contributed by atoms with Crippen molar-refractivity contribution in [3.63, 3.8) is 0 Å². The predicted octanol–water partition coefficient (Wildman–Crippen LogP) is 9.93. The van der Waals surface area contributed by atoms with E-state index < -0.39 is 5.41 Å². The van der Waals surface area contributed by atoms with E-state index in [0.717, 1.165) is 38.9 Å². The number of hydrogen-bond acceptors (Lipinski definition) is 3. The number of benzene rings is 6. The third-order valence-corrected chi connectivity index (χ3v) is 9.07. The number of rotatable bonds is 9. The molecule has 0 saturated heterocycles. The molecule has 0 aliphatic carbocycles. The molecule has 6 aromatic rings. The molecule has 0 fully saturated rings. The fraction of sp³-hybridized carbons (Fsp3) is 0.159. The molecule has 6 aromatic carbocycles.